The molecule has 3 N–H and O–H groups in total. The van der Waals surface area contributed by atoms with Gasteiger partial charge in [-0.15, -0.1) is 0 Å². The number of carbonyl (C=O) groups excluding carboxylic acids is 1. The van der Waals surface area contributed by atoms with E-state index in [1.54, 1.807) is 0 Å². The van der Waals surface area contributed by atoms with Crippen molar-refractivity contribution in [3.05, 3.63) is 42.0 Å². The fraction of sp³-hybridized carbons (Fsp3) is 0.450. The smallest absolute Gasteiger partial charge is 0.244 e. The highest BCUT2D eigenvalue weighted by Crippen LogP contribution is 2.38. The number of hydrogen-bond acceptors (Lipinski definition) is 2. The fourth-order valence-electron chi connectivity index (χ4n) is 6.00. The maximum atomic E-state index is 12.9. The van der Waals surface area contributed by atoms with Crippen LogP contribution in [0.5, 0.6) is 5.75 Å². The quantitative estimate of drug-likeness (QED) is 0.688. The molecule has 6 rings (SSSR count). The zero-order valence-electron chi connectivity index (χ0n) is 14.2. The van der Waals surface area contributed by atoms with Crippen LogP contribution in [-0.4, -0.2) is 37.1 Å². The Kier molecular flexibility index (Phi) is 2.63. The first-order valence-corrected chi connectivity index (χ1v) is 8.86. The predicted molar refractivity (Wildman–Crippen MR) is 91.0 cm³/mol. The van der Waals surface area contributed by atoms with Gasteiger partial charge in [-0.05, 0) is 25.3 Å². The molecular weight excluding hydrogens is 300 g/mol. The summed E-state index contributed by atoms with van der Waals surface area (Å²) in [6.07, 6.45) is 0.227. The Morgan fingerprint density at radius 2 is 1.54 bits per heavy atom. The van der Waals surface area contributed by atoms with Gasteiger partial charge in [0.1, 0.15) is 48.3 Å². The standard InChI is InChI=1S/C20H22N2O2/c1-19-9-21-11-20(2,18(19)24)12-22(10-19)17(21)16-14-6-4-3-5-13(14)7-8-15(16)23/h3-8,17,23H,9-12H2,1-2H3/p+2. The molecule has 4 aliphatic rings. The first-order chi connectivity index (χ1) is 11.4. The molecule has 0 aliphatic carbocycles. The lowest BCUT2D eigenvalue weighted by atomic mass is 9.61. The molecule has 0 spiro atoms. The molecule has 0 unspecified atom stereocenters. The molecule has 0 aromatic heterocycles. The number of Topliss-reactive ketones (excluding diaryl/α,β-unsaturated/α-hetero) is 1. The molecule has 0 saturated carbocycles. The zero-order valence-corrected chi connectivity index (χ0v) is 14.2. The third-order valence-corrected chi connectivity index (χ3v) is 6.62. The number of benzene rings is 2. The number of fused-ring (bicyclic) bond motifs is 1. The van der Waals surface area contributed by atoms with Crippen molar-refractivity contribution < 1.29 is 19.7 Å². The van der Waals surface area contributed by atoms with Gasteiger partial charge in [-0.3, -0.25) is 14.6 Å². The number of ketones is 1. The van der Waals surface area contributed by atoms with Crippen LogP contribution >= 0.6 is 0 Å². The zero-order chi connectivity index (χ0) is 16.7. The summed E-state index contributed by atoms with van der Waals surface area (Å²) in [7, 11) is 0. The normalized spacial score (nSPS) is 40.4. The van der Waals surface area contributed by atoms with Crippen LogP contribution < -0.4 is 9.80 Å². The number of carbonyl (C=O) groups is 1. The number of phenolic OH excluding ortho intramolecular Hbond substituents is 1. The minimum Gasteiger partial charge on any atom is -0.507 e. The van der Waals surface area contributed by atoms with E-state index in [2.05, 4.69) is 26.0 Å². The molecule has 2 aromatic carbocycles. The van der Waals surface area contributed by atoms with E-state index >= 15 is 0 Å². The third kappa shape index (κ3) is 1.68. The van der Waals surface area contributed by atoms with E-state index < -0.39 is 0 Å². The summed E-state index contributed by atoms with van der Waals surface area (Å²) in [5, 5.41) is 13.0. The summed E-state index contributed by atoms with van der Waals surface area (Å²) in [5.41, 5.74) is 0.663. The van der Waals surface area contributed by atoms with Gasteiger partial charge in [-0.2, -0.15) is 0 Å². The monoisotopic (exact) mass is 324 g/mol. The van der Waals surface area contributed by atoms with E-state index in [1.165, 1.54) is 15.2 Å². The lowest BCUT2D eigenvalue weighted by molar-refractivity contribution is -1.18. The summed E-state index contributed by atoms with van der Waals surface area (Å²) in [5.74, 6) is 0.857. The number of nitrogens with one attached hydrogen (secondary N) is 2. The van der Waals surface area contributed by atoms with E-state index in [0.29, 0.717) is 11.5 Å². The Hall–Kier alpha value is -1.91. The van der Waals surface area contributed by atoms with E-state index in [1.807, 2.05) is 24.3 Å². The van der Waals surface area contributed by atoms with Crippen molar-refractivity contribution in [3.63, 3.8) is 0 Å². The molecule has 0 radical (unpaired) electrons. The van der Waals surface area contributed by atoms with E-state index in [0.717, 1.165) is 37.1 Å². The topological polar surface area (TPSA) is 46.2 Å². The van der Waals surface area contributed by atoms with Crippen molar-refractivity contribution in [2.75, 3.05) is 26.2 Å². The maximum Gasteiger partial charge on any atom is 0.244 e. The molecule has 24 heavy (non-hydrogen) atoms. The molecule has 124 valence electrons. The highest BCUT2D eigenvalue weighted by Gasteiger charge is 2.68. The number of rotatable bonds is 1. The highest BCUT2D eigenvalue weighted by molar-refractivity contribution is 5.91. The van der Waals surface area contributed by atoms with Crippen LogP contribution in [0.15, 0.2) is 36.4 Å². The molecule has 4 bridgehead atoms. The third-order valence-electron chi connectivity index (χ3n) is 6.62. The van der Waals surface area contributed by atoms with Crippen molar-refractivity contribution in [1.29, 1.82) is 0 Å². The number of aromatic hydroxyl groups is 1. The summed E-state index contributed by atoms with van der Waals surface area (Å²) in [6.45, 7) is 7.84. The van der Waals surface area contributed by atoms with Crippen LogP contribution in [0.4, 0.5) is 0 Å². The predicted octanol–water partition coefficient (Wildman–Crippen LogP) is -0.0637. The van der Waals surface area contributed by atoms with Crippen molar-refractivity contribution >= 4 is 16.6 Å². The second-order valence-corrected chi connectivity index (χ2v) is 8.63. The Bertz CT molecular complexity index is 835. The van der Waals surface area contributed by atoms with E-state index in [-0.39, 0.29) is 17.0 Å². The summed E-state index contributed by atoms with van der Waals surface area (Å²) in [4.78, 5) is 15.8. The number of phenols is 1. The van der Waals surface area contributed by atoms with Gasteiger partial charge in [-0.1, -0.05) is 30.3 Å². The summed E-state index contributed by atoms with van der Waals surface area (Å²) >= 11 is 0. The molecule has 4 heterocycles. The van der Waals surface area contributed by atoms with Crippen LogP contribution in [0.2, 0.25) is 0 Å². The molecule has 4 aliphatic heterocycles. The SMILES string of the molecule is CC12C[NH+]3CC(C)(C[NH+](C1)C3c1c(O)ccc3ccccc13)C2=O. The number of quaternary nitrogens is 2. The van der Waals surface area contributed by atoms with Crippen LogP contribution in [0.1, 0.15) is 25.6 Å². The largest absolute Gasteiger partial charge is 0.507 e. The average Bonchev–Trinajstić information content (AvgIpc) is 2.53. The molecule has 4 saturated heterocycles. The second-order valence-electron chi connectivity index (χ2n) is 8.63. The molecule has 4 fully saturated rings. The molecule has 0 atom stereocenters. The van der Waals surface area contributed by atoms with E-state index in [9.17, 15) is 9.90 Å². The molecule has 4 heteroatoms. The molecule has 4 nitrogen and oxygen atoms in total. The van der Waals surface area contributed by atoms with Gasteiger partial charge in [0.15, 0.2) is 5.78 Å². The minimum atomic E-state index is -0.202. The lowest BCUT2D eigenvalue weighted by Gasteiger charge is -2.59. The number of piperidine rings is 2. The van der Waals surface area contributed by atoms with Crippen LogP contribution in [0.25, 0.3) is 10.8 Å². The summed E-state index contributed by atoms with van der Waals surface area (Å²) < 4.78 is 0. The van der Waals surface area contributed by atoms with Crippen LogP contribution in [0, 0.1) is 10.8 Å². The van der Waals surface area contributed by atoms with Crippen molar-refractivity contribution in [2.24, 2.45) is 10.8 Å². The lowest BCUT2D eigenvalue weighted by Crippen LogP contribution is -3.41. The Labute approximate surface area is 141 Å². The van der Waals surface area contributed by atoms with Gasteiger partial charge in [0.2, 0.25) is 6.17 Å². The maximum absolute atomic E-state index is 12.9. The van der Waals surface area contributed by atoms with Crippen molar-refractivity contribution in [1.82, 2.24) is 0 Å². The first-order valence-electron chi connectivity index (χ1n) is 8.86. The minimum absolute atomic E-state index is 0.202. The Balaban J connectivity index is 1.68. The molecular formula is C20H24N2O2+2. The van der Waals surface area contributed by atoms with Gasteiger partial charge in [0, 0.05) is 5.39 Å². The second kappa shape index (κ2) is 4.38. The molecule has 2 aromatic rings. The van der Waals surface area contributed by atoms with Crippen LogP contribution in [-0.2, 0) is 4.79 Å². The number of hydrogen-bond donors (Lipinski definition) is 3. The van der Waals surface area contributed by atoms with Gasteiger partial charge >= 0.3 is 0 Å². The van der Waals surface area contributed by atoms with Gasteiger partial charge < -0.3 is 5.11 Å². The summed E-state index contributed by atoms with van der Waals surface area (Å²) in [6, 6.07) is 12.1. The van der Waals surface area contributed by atoms with E-state index in [4.69, 9.17) is 0 Å². The Morgan fingerprint density at radius 3 is 2.17 bits per heavy atom. The highest BCUT2D eigenvalue weighted by atomic mass is 16.3. The first kappa shape index (κ1) is 14.4. The van der Waals surface area contributed by atoms with Crippen LogP contribution in [0.3, 0.4) is 0 Å². The average molecular weight is 324 g/mol. The van der Waals surface area contributed by atoms with Crippen molar-refractivity contribution in [3.8, 4) is 5.75 Å². The fourth-order valence-corrected chi connectivity index (χ4v) is 6.00. The molecule has 0 amide bonds. The van der Waals surface area contributed by atoms with Gasteiger partial charge in [0.25, 0.3) is 0 Å². The van der Waals surface area contributed by atoms with Gasteiger partial charge in [0.05, 0.1) is 0 Å². The Morgan fingerprint density at radius 1 is 0.958 bits per heavy atom. The van der Waals surface area contributed by atoms with Gasteiger partial charge in [-0.25, -0.2) is 0 Å². The van der Waals surface area contributed by atoms with Crippen molar-refractivity contribution in [2.45, 2.75) is 20.0 Å².